The average molecular weight is 602 g/mol. The van der Waals surface area contributed by atoms with Gasteiger partial charge in [0.15, 0.2) is 11.6 Å². The molecule has 8 nitrogen and oxygen atoms in total. The number of hydrogen-bond acceptors (Lipinski definition) is 6. The van der Waals surface area contributed by atoms with Crippen LogP contribution in [0.5, 0.6) is 5.75 Å². The standard InChI is InChI=1S/C33H30F3N5O3/c34-21-12-8-19(9-13-21)29(20-10-14-22(35)15-11-20)30(37)33(42)41-27-7-3-4-24(36)31(27)44-17-23-16-38-28(18-43-23)32-39-25-5-1-2-6-26(25)40-32/h1-15,23,28-30,38H,16-18,37H2,(H,39,40)(H,41,42)/t23-,28-,30-/m0/s1. The molecule has 1 fully saturated rings. The van der Waals surface area contributed by atoms with Crippen LogP contribution in [0.4, 0.5) is 18.9 Å². The third-order valence-corrected chi connectivity index (χ3v) is 7.59. The Morgan fingerprint density at radius 2 is 1.64 bits per heavy atom. The zero-order valence-corrected chi connectivity index (χ0v) is 23.5. The van der Waals surface area contributed by atoms with E-state index in [1.54, 1.807) is 0 Å². The van der Waals surface area contributed by atoms with Gasteiger partial charge >= 0.3 is 0 Å². The molecule has 5 aromatic rings. The third kappa shape index (κ3) is 6.45. The first kappa shape index (κ1) is 29.4. The summed E-state index contributed by atoms with van der Waals surface area (Å²) in [5.74, 6) is -2.34. The zero-order chi connectivity index (χ0) is 30.6. The van der Waals surface area contributed by atoms with Gasteiger partial charge in [-0.2, -0.15) is 0 Å². The summed E-state index contributed by atoms with van der Waals surface area (Å²) in [7, 11) is 0. The molecule has 226 valence electrons. The maximum Gasteiger partial charge on any atom is 0.242 e. The zero-order valence-electron chi connectivity index (χ0n) is 23.5. The highest BCUT2D eigenvalue weighted by Gasteiger charge is 2.30. The van der Waals surface area contributed by atoms with E-state index in [9.17, 15) is 18.0 Å². The van der Waals surface area contributed by atoms with Gasteiger partial charge in [-0.1, -0.05) is 42.5 Å². The Morgan fingerprint density at radius 3 is 2.27 bits per heavy atom. The number of aromatic amines is 1. The highest BCUT2D eigenvalue weighted by Crippen LogP contribution is 2.32. The van der Waals surface area contributed by atoms with Gasteiger partial charge < -0.3 is 30.8 Å². The number of para-hydroxylation sites is 3. The molecule has 44 heavy (non-hydrogen) atoms. The van der Waals surface area contributed by atoms with Crippen LogP contribution in [0, 0.1) is 17.5 Å². The summed E-state index contributed by atoms with van der Waals surface area (Å²) in [6.07, 6.45) is -0.387. The van der Waals surface area contributed by atoms with Crippen LogP contribution in [0.2, 0.25) is 0 Å². The number of nitrogens with one attached hydrogen (secondary N) is 3. The maximum atomic E-state index is 15.0. The molecule has 1 aromatic heterocycles. The highest BCUT2D eigenvalue weighted by molar-refractivity contribution is 5.97. The number of aromatic nitrogens is 2. The van der Waals surface area contributed by atoms with Crippen LogP contribution in [0.1, 0.15) is 28.9 Å². The number of rotatable bonds is 9. The summed E-state index contributed by atoms with van der Waals surface area (Å²) in [5.41, 5.74) is 9.44. The Morgan fingerprint density at radius 1 is 0.955 bits per heavy atom. The molecule has 6 rings (SSSR count). The van der Waals surface area contributed by atoms with Crippen molar-refractivity contribution in [1.82, 2.24) is 15.3 Å². The van der Waals surface area contributed by atoms with Crippen molar-refractivity contribution in [2.75, 3.05) is 25.1 Å². The second-order valence-corrected chi connectivity index (χ2v) is 10.6. The van der Waals surface area contributed by atoms with E-state index < -0.39 is 35.3 Å². The van der Waals surface area contributed by atoms with Crippen LogP contribution in [0.15, 0.2) is 91.0 Å². The number of benzene rings is 4. The van der Waals surface area contributed by atoms with Crippen LogP contribution in [0.3, 0.4) is 0 Å². The van der Waals surface area contributed by atoms with E-state index in [4.69, 9.17) is 15.2 Å². The van der Waals surface area contributed by atoms with Gasteiger partial charge in [-0.15, -0.1) is 0 Å². The molecule has 11 heteroatoms. The van der Waals surface area contributed by atoms with Crippen molar-refractivity contribution >= 4 is 22.6 Å². The number of morpholine rings is 1. The lowest BCUT2D eigenvalue weighted by Crippen LogP contribution is -2.44. The Balaban J connectivity index is 1.12. The fourth-order valence-corrected chi connectivity index (χ4v) is 5.29. The largest absolute Gasteiger partial charge is 0.486 e. The second kappa shape index (κ2) is 12.9. The maximum absolute atomic E-state index is 15.0. The summed E-state index contributed by atoms with van der Waals surface area (Å²) in [6, 6.07) is 21.7. The van der Waals surface area contributed by atoms with Crippen molar-refractivity contribution in [1.29, 1.82) is 0 Å². The lowest BCUT2D eigenvalue weighted by Gasteiger charge is -2.29. The Labute approximate surface area is 251 Å². The van der Waals surface area contributed by atoms with E-state index in [1.807, 2.05) is 24.3 Å². The predicted octanol–water partition coefficient (Wildman–Crippen LogP) is 5.19. The summed E-state index contributed by atoms with van der Waals surface area (Å²) in [6.45, 7) is 0.779. The quantitative estimate of drug-likeness (QED) is 0.185. The van der Waals surface area contributed by atoms with Gasteiger partial charge in [0, 0.05) is 12.5 Å². The Hall–Kier alpha value is -4.71. The van der Waals surface area contributed by atoms with Crippen LogP contribution >= 0.6 is 0 Å². The molecular formula is C33H30F3N5O3. The van der Waals surface area contributed by atoms with Gasteiger partial charge in [-0.05, 0) is 59.7 Å². The first-order valence-electron chi connectivity index (χ1n) is 14.1. The summed E-state index contributed by atoms with van der Waals surface area (Å²) in [5, 5.41) is 6.06. The monoisotopic (exact) mass is 601 g/mol. The molecule has 2 heterocycles. The Bertz CT molecular complexity index is 1660. The molecule has 1 saturated heterocycles. The molecule has 0 bridgehead atoms. The predicted molar refractivity (Wildman–Crippen MR) is 160 cm³/mol. The van der Waals surface area contributed by atoms with Crippen LogP contribution < -0.4 is 21.1 Å². The highest BCUT2D eigenvalue weighted by atomic mass is 19.1. The summed E-state index contributed by atoms with van der Waals surface area (Å²) >= 11 is 0. The molecular weight excluding hydrogens is 571 g/mol. The number of ether oxygens (including phenoxy) is 2. The molecule has 0 saturated carbocycles. The van der Waals surface area contributed by atoms with Gasteiger partial charge in [0.05, 0.1) is 35.4 Å². The van der Waals surface area contributed by atoms with Crippen LogP contribution in [-0.2, 0) is 9.53 Å². The van der Waals surface area contributed by atoms with Gasteiger partial charge in [0.1, 0.15) is 30.2 Å². The minimum Gasteiger partial charge on any atom is -0.486 e. The summed E-state index contributed by atoms with van der Waals surface area (Å²) in [4.78, 5) is 21.3. The van der Waals surface area contributed by atoms with E-state index in [0.29, 0.717) is 24.3 Å². The van der Waals surface area contributed by atoms with Crippen LogP contribution in [0.25, 0.3) is 11.0 Å². The number of amides is 1. The number of nitrogens with two attached hydrogens (primary N) is 1. The lowest BCUT2D eigenvalue weighted by atomic mass is 9.85. The molecule has 1 amide bonds. The first-order valence-corrected chi connectivity index (χ1v) is 14.1. The molecule has 0 aliphatic carbocycles. The van der Waals surface area contributed by atoms with Gasteiger partial charge in [0.25, 0.3) is 0 Å². The number of H-pyrrole nitrogens is 1. The van der Waals surface area contributed by atoms with Crippen molar-refractivity contribution in [3.8, 4) is 5.75 Å². The number of fused-ring (bicyclic) bond motifs is 1. The van der Waals surface area contributed by atoms with Gasteiger partial charge in [0.2, 0.25) is 5.91 Å². The third-order valence-electron chi connectivity index (χ3n) is 7.59. The SMILES string of the molecule is N[C@H](C(=O)Nc1cccc(F)c1OC[C@@H]1CN[C@H](c2nc3ccccc3[nH]2)CO1)C(c1ccc(F)cc1)c1ccc(F)cc1. The topological polar surface area (TPSA) is 114 Å². The van der Waals surface area contributed by atoms with E-state index in [1.165, 1.54) is 66.7 Å². The van der Waals surface area contributed by atoms with Gasteiger partial charge in [-0.25, -0.2) is 18.2 Å². The fourth-order valence-electron chi connectivity index (χ4n) is 5.29. The molecule has 0 radical (unpaired) electrons. The second-order valence-electron chi connectivity index (χ2n) is 10.6. The van der Waals surface area contributed by atoms with E-state index >= 15 is 0 Å². The lowest BCUT2D eigenvalue weighted by molar-refractivity contribution is -0.117. The number of nitrogens with zero attached hydrogens (tertiary/aromatic N) is 1. The molecule has 0 spiro atoms. The molecule has 5 N–H and O–H groups in total. The minimum atomic E-state index is -1.19. The van der Waals surface area contributed by atoms with Crippen LogP contribution in [-0.4, -0.2) is 47.8 Å². The smallest absolute Gasteiger partial charge is 0.242 e. The number of halogens is 3. The molecule has 4 aromatic carbocycles. The number of carbonyl (C=O) groups is 1. The van der Waals surface area contributed by atoms with Crippen molar-refractivity contribution in [3.05, 3.63) is 125 Å². The van der Waals surface area contributed by atoms with E-state index in [0.717, 1.165) is 16.9 Å². The summed E-state index contributed by atoms with van der Waals surface area (Å²) < 4.78 is 54.1. The van der Waals surface area contributed by atoms with Gasteiger partial charge in [-0.3, -0.25) is 4.79 Å². The minimum absolute atomic E-state index is 0.0174. The van der Waals surface area contributed by atoms with Crippen molar-refractivity contribution < 1.29 is 27.4 Å². The van der Waals surface area contributed by atoms with Crippen molar-refractivity contribution in [2.24, 2.45) is 5.73 Å². The number of hydrogen-bond donors (Lipinski definition) is 4. The van der Waals surface area contributed by atoms with Crippen molar-refractivity contribution in [2.45, 2.75) is 24.1 Å². The van der Waals surface area contributed by atoms with E-state index in [2.05, 4.69) is 20.6 Å². The molecule has 3 atom stereocenters. The molecule has 1 aliphatic heterocycles. The normalized spacial score (nSPS) is 17.5. The number of anilines is 1. The number of imidazole rings is 1. The Kier molecular flexibility index (Phi) is 8.60. The number of carbonyl (C=O) groups excluding carboxylic acids is 1. The molecule has 0 unspecified atom stereocenters. The molecule has 1 aliphatic rings. The first-order chi connectivity index (χ1) is 21.4. The fraction of sp³-hybridized carbons (Fsp3) is 0.212. The van der Waals surface area contributed by atoms with E-state index in [-0.39, 0.29) is 30.2 Å². The average Bonchev–Trinajstić information content (AvgIpc) is 3.47. The van der Waals surface area contributed by atoms with Crippen molar-refractivity contribution in [3.63, 3.8) is 0 Å².